The van der Waals surface area contributed by atoms with E-state index in [2.05, 4.69) is 29.2 Å². The van der Waals surface area contributed by atoms with Crippen molar-refractivity contribution in [3.05, 3.63) is 66.0 Å². The second-order valence-corrected chi connectivity index (χ2v) is 5.26. The first kappa shape index (κ1) is 13.4. The Morgan fingerprint density at radius 2 is 1.67 bits per heavy atom. The van der Waals surface area contributed by atoms with Gasteiger partial charge in [-0.1, -0.05) is 36.4 Å². The van der Waals surface area contributed by atoms with E-state index in [-0.39, 0.29) is 0 Å². The van der Waals surface area contributed by atoms with Crippen LogP contribution in [0.4, 0.5) is 11.4 Å². The van der Waals surface area contributed by atoms with E-state index in [1.807, 2.05) is 30.5 Å². The largest absolute Gasteiger partial charge is 0.397 e. The van der Waals surface area contributed by atoms with Gasteiger partial charge in [-0.3, -0.25) is 4.98 Å². The van der Waals surface area contributed by atoms with Gasteiger partial charge in [0, 0.05) is 11.6 Å². The number of rotatable bonds is 4. The van der Waals surface area contributed by atoms with Crippen molar-refractivity contribution in [2.24, 2.45) is 0 Å². The normalized spacial score (nSPS) is 10.9. The molecule has 0 saturated carbocycles. The third-order valence-corrected chi connectivity index (χ3v) is 3.81. The van der Waals surface area contributed by atoms with E-state index >= 15 is 0 Å². The lowest BCUT2D eigenvalue weighted by molar-refractivity contribution is 0.805. The molecule has 21 heavy (non-hydrogen) atoms. The van der Waals surface area contributed by atoms with E-state index < -0.39 is 0 Å². The second kappa shape index (κ2) is 5.83. The number of hydrogen-bond acceptors (Lipinski definition) is 3. The van der Waals surface area contributed by atoms with E-state index in [1.165, 1.54) is 5.56 Å². The molecule has 3 aromatic rings. The van der Waals surface area contributed by atoms with Gasteiger partial charge >= 0.3 is 0 Å². The zero-order chi connectivity index (χ0) is 14.7. The summed E-state index contributed by atoms with van der Waals surface area (Å²) in [5.41, 5.74) is 15.7. The number of nitrogens with zero attached hydrogens (tertiary/aromatic N) is 1. The number of hydrogen-bond donors (Lipinski definition) is 2. The van der Waals surface area contributed by atoms with Crippen molar-refractivity contribution in [3.63, 3.8) is 0 Å². The van der Waals surface area contributed by atoms with Crippen LogP contribution in [0.1, 0.15) is 17.7 Å². The number of nitrogen functional groups attached to an aromatic ring is 2. The highest BCUT2D eigenvalue weighted by atomic mass is 14.7. The van der Waals surface area contributed by atoms with Crippen molar-refractivity contribution in [2.75, 3.05) is 11.5 Å². The molecule has 0 fully saturated rings. The lowest BCUT2D eigenvalue weighted by Crippen LogP contribution is -2.00. The Kier molecular flexibility index (Phi) is 3.73. The minimum atomic E-state index is 0.625. The average Bonchev–Trinajstić information content (AvgIpc) is 2.52. The van der Waals surface area contributed by atoms with Gasteiger partial charge in [0.2, 0.25) is 0 Å². The van der Waals surface area contributed by atoms with Crippen molar-refractivity contribution < 1.29 is 0 Å². The summed E-state index contributed by atoms with van der Waals surface area (Å²) in [7, 11) is 0. The molecule has 0 bridgehead atoms. The van der Waals surface area contributed by atoms with Crippen LogP contribution in [0.3, 0.4) is 0 Å². The second-order valence-electron chi connectivity index (χ2n) is 5.26. The fraction of sp³-hybridized carbons (Fsp3) is 0.167. The first-order valence-corrected chi connectivity index (χ1v) is 7.21. The number of fused-ring (bicyclic) bond motifs is 1. The maximum absolute atomic E-state index is 6.14. The molecule has 0 saturated heterocycles. The van der Waals surface area contributed by atoms with Gasteiger partial charge < -0.3 is 11.5 Å². The first-order chi connectivity index (χ1) is 10.3. The Labute approximate surface area is 124 Å². The van der Waals surface area contributed by atoms with Crippen molar-refractivity contribution in [2.45, 2.75) is 19.3 Å². The topological polar surface area (TPSA) is 64.9 Å². The molecule has 2 aromatic carbocycles. The molecular weight excluding hydrogens is 258 g/mol. The Bertz CT molecular complexity index is 751. The number of pyridine rings is 1. The van der Waals surface area contributed by atoms with Crippen LogP contribution in [0.15, 0.2) is 54.7 Å². The first-order valence-electron chi connectivity index (χ1n) is 7.21. The monoisotopic (exact) mass is 277 g/mol. The average molecular weight is 277 g/mol. The van der Waals surface area contributed by atoms with Crippen LogP contribution in [0.2, 0.25) is 0 Å². The van der Waals surface area contributed by atoms with Crippen LogP contribution in [0.25, 0.3) is 10.8 Å². The van der Waals surface area contributed by atoms with E-state index in [4.69, 9.17) is 11.5 Å². The maximum atomic E-state index is 6.14. The molecule has 0 aliphatic carbocycles. The van der Waals surface area contributed by atoms with Gasteiger partial charge in [-0.15, -0.1) is 0 Å². The fourth-order valence-electron chi connectivity index (χ4n) is 2.68. The van der Waals surface area contributed by atoms with Crippen LogP contribution in [0.5, 0.6) is 0 Å². The van der Waals surface area contributed by atoms with Crippen LogP contribution < -0.4 is 11.5 Å². The molecule has 0 aliphatic heterocycles. The molecule has 3 rings (SSSR count). The summed E-state index contributed by atoms with van der Waals surface area (Å²) in [5, 5.41) is 2.11. The van der Waals surface area contributed by atoms with Crippen LogP contribution in [0, 0.1) is 0 Å². The van der Waals surface area contributed by atoms with Crippen molar-refractivity contribution in [1.29, 1.82) is 0 Å². The molecule has 0 amide bonds. The summed E-state index contributed by atoms with van der Waals surface area (Å²) < 4.78 is 0. The Morgan fingerprint density at radius 3 is 2.48 bits per heavy atom. The van der Waals surface area contributed by atoms with E-state index in [0.29, 0.717) is 11.4 Å². The summed E-state index contributed by atoms with van der Waals surface area (Å²) in [4.78, 5) is 4.50. The summed E-state index contributed by atoms with van der Waals surface area (Å²) in [6, 6.07) is 16.3. The van der Waals surface area contributed by atoms with Crippen molar-refractivity contribution in [1.82, 2.24) is 4.98 Å². The number of anilines is 2. The minimum absolute atomic E-state index is 0.625. The SMILES string of the molecule is Nc1ccc2ccnc(CCCc3ccccc3)c2c1N. The van der Waals surface area contributed by atoms with Crippen molar-refractivity contribution in [3.8, 4) is 0 Å². The Hall–Kier alpha value is -2.55. The predicted octanol–water partition coefficient (Wildman–Crippen LogP) is 3.57. The third-order valence-electron chi connectivity index (χ3n) is 3.81. The molecule has 1 heterocycles. The molecule has 1 aromatic heterocycles. The van der Waals surface area contributed by atoms with Gasteiger partial charge in [-0.25, -0.2) is 0 Å². The Morgan fingerprint density at radius 1 is 0.857 bits per heavy atom. The van der Waals surface area contributed by atoms with Gasteiger partial charge in [0.15, 0.2) is 0 Å². The molecule has 0 unspecified atom stereocenters. The molecule has 0 radical (unpaired) electrons. The minimum Gasteiger partial charge on any atom is -0.397 e. The third kappa shape index (κ3) is 2.82. The molecular formula is C18H19N3. The van der Waals surface area contributed by atoms with Gasteiger partial charge in [-0.05, 0) is 42.3 Å². The van der Waals surface area contributed by atoms with Crippen LogP contribution in [-0.2, 0) is 12.8 Å². The molecule has 0 aliphatic rings. The smallest absolute Gasteiger partial charge is 0.0645 e. The highest BCUT2D eigenvalue weighted by molar-refractivity contribution is 5.99. The number of aromatic nitrogens is 1. The van der Waals surface area contributed by atoms with Gasteiger partial charge in [0.25, 0.3) is 0 Å². The molecule has 0 spiro atoms. The van der Waals surface area contributed by atoms with Crippen LogP contribution in [-0.4, -0.2) is 4.98 Å². The predicted molar refractivity (Wildman–Crippen MR) is 89.0 cm³/mol. The van der Waals surface area contributed by atoms with E-state index in [9.17, 15) is 0 Å². The summed E-state index contributed by atoms with van der Waals surface area (Å²) in [6.45, 7) is 0. The molecule has 106 valence electrons. The lowest BCUT2D eigenvalue weighted by Gasteiger charge is -2.10. The van der Waals surface area contributed by atoms with Gasteiger partial charge in [0.1, 0.15) is 0 Å². The lowest BCUT2D eigenvalue weighted by atomic mass is 10.0. The molecule has 3 nitrogen and oxygen atoms in total. The summed E-state index contributed by atoms with van der Waals surface area (Å²) in [6.07, 6.45) is 4.83. The van der Waals surface area contributed by atoms with Crippen molar-refractivity contribution >= 4 is 22.1 Å². The van der Waals surface area contributed by atoms with Gasteiger partial charge in [0.05, 0.1) is 17.1 Å². The Balaban J connectivity index is 1.82. The zero-order valence-electron chi connectivity index (χ0n) is 11.9. The number of benzene rings is 2. The molecule has 4 N–H and O–H groups in total. The molecule has 3 heteroatoms. The number of nitrogens with two attached hydrogens (primary N) is 2. The van der Waals surface area contributed by atoms with Gasteiger partial charge in [-0.2, -0.15) is 0 Å². The maximum Gasteiger partial charge on any atom is 0.0645 e. The van der Waals surface area contributed by atoms with E-state index in [0.717, 1.165) is 35.7 Å². The quantitative estimate of drug-likeness (QED) is 0.716. The number of aryl methyl sites for hydroxylation is 2. The fourth-order valence-corrected chi connectivity index (χ4v) is 2.68. The summed E-state index contributed by atoms with van der Waals surface area (Å²) in [5.74, 6) is 0. The highest BCUT2D eigenvalue weighted by Crippen LogP contribution is 2.29. The highest BCUT2D eigenvalue weighted by Gasteiger charge is 2.08. The standard InChI is InChI=1S/C18H19N3/c19-15-10-9-14-11-12-21-16(17(14)18(15)20)8-4-7-13-5-2-1-3-6-13/h1-3,5-6,9-12H,4,7-8,19-20H2. The summed E-state index contributed by atoms with van der Waals surface area (Å²) >= 11 is 0. The zero-order valence-corrected chi connectivity index (χ0v) is 11.9. The molecule has 0 atom stereocenters. The van der Waals surface area contributed by atoms with E-state index in [1.54, 1.807) is 0 Å². The van der Waals surface area contributed by atoms with Crippen LogP contribution >= 0.6 is 0 Å².